The summed E-state index contributed by atoms with van der Waals surface area (Å²) in [6, 6.07) is 11.1. The summed E-state index contributed by atoms with van der Waals surface area (Å²) in [6.07, 6.45) is 1.63. The van der Waals surface area contributed by atoms with E-state index < -0.39 is 5.30 Å². The highest BCUT2D eigenvalue weighted by atomic mass is 32.2. The molecule has 1 aromatic carbocycles. The highest BCUT2D eigenvalue weighted by molar-refractivity contribution is 8.13. The third-order valence-electron chi connectivity index (χ3n) is 2.75. The van der Waals surface area contributed by atoms with Gasteiger partial charge in [0.2, 0.25) is 0 Å². The number of carbonyl (C=O) groups excluding carboxylic acids is 1. The molecule has 21 heavy (non-hydrogen) atoms. The van der Waals surface area contributed by atoms with Crippen molar-refractivity contribution in [2.24, 2.45) is 0 Å². The van der Waals surface area contributed by atoms with Crippen LogP contribution < -0.4 is 5.69 Å². The Labute approximate surface area is 127 Å². The van der Waals surface area contributed by atoms with Gasteiger partial charge in [0, 0.05) is 24.0 Å². The second-order valence-electron chi connectivity index (χ2n) is 4.68. The largest absolute Gasteiger partial charge is 0.452 e. The Morgan fingerprint density at radius 3 is 2.62 bits per heavy atom. The Hall–Kier alpha value is -2.08. The number of nitrogens with zero attached hydrogens (tertiary/aromatic N) is 2. The Bertz CT molecular complexity index is 668. The van der Waals surface area contributed by atoms with Gasteiger partial charge in [0.15, 0.2) is 0 Å². The molecule has 0 fully saturated rings. The summed E-state index contributed by atoms with van der Waals surface area (Å²) >= 11 is 0.812. The number of thioether (sulfide) groups is 1. The fourth-order valence-corrected chi connectivity index (χ4v) is 2.22. The van der Waals surface area contributed by atoms with Crippen molar-refractivity contribution in [1.82, 2.24) is 9.55 Å². The van der Waals surface area contributed by atoms with Crippen molar-refractivity contribution in [3.63, 3.8) is 0 Å². The van der Waals surface area contributed by atoms with Crippen LogP contribution in [0.3, 0.4) is 0 Å². The predicted octanol–water partition coefficient (Wildman–Crippen LogP) is 3.25. The lowest BCUT2D eigenvalue weighted by atomic mass is 10.2. The van der Waals surface area contributed by atoms with Crippen LogP contribution in [0.15, 0.2) is 52.4 Å². The van der Waals surface area contributed by atoms with Crippen LogP contribution in [0.25, 0.3) is 0 Å². The minimum absolute atomic E-state index is 0.0362. The first-order valence-corrected chi connectivity index (χ1v) is 7.35. The maximum absolute atomic E-state index is 11.7. The molecule has 1 heterocycles. The third-order valence-corrected chi connectivity index (χ3v) is 3.47. The number of rotatable bonds is 4. The molecule has 0 bridgehead atoms. The molecule has 0 aliphatic heterocycles. The summed E-state index contributed by atoms with van der Waals surface area (Å²) < 4.78 is 6.62. The van der Waals surface area contributed by atoms with Crippen LogP contribution in [0.5, 0.6) is 0 Å². The van der Waals surface area contributed by atoms with Crippen molar-refractivity contribution in [3.05, 3.63) is 58.6 Å². The molecule has 110 valence electrons. The van der Waals surface area contributed by atoms with Gasteiger partial charge in [-0.15, -0.1) is 0 Å². The van der Waals surface area contributed by atoms with E-state index in [-0.39, 0.29) is 18.3 Å². The van der Waals surface area contributed by atoms with E-state index in [9.17, 15) is 9.59 Å². The third kappa shape index (κ3) is 4.46. The number of ether oxygens (including phenoxy) is 1. The lowest BCUT2D eigenvalue weighted by Gasteiger charge is -2.08. The maximum Gasteiger partial charge on any atom is 0.374 e. The van der Waals surface area contributed by atoms with Crippen LogP contribution in [0.4, 0.5) is 4.79 Å². The van der Waals surface area contributed by atoms with Gasteiger partial charge in [0.05, 0.1) is 0 Å². The highest BCUT2D eigenvalue weighted by Gasteiger charge is 2.10. The van der Waals surface area contributed by atoms with E-state index >= 15 is 0 Å². The van der Waals surface area contributed by atoms with Crippen LogP contribution in [-0.4, -0.2) is 14.9 Å². The molecule has 1 aromatic heterocycles. The van der Waals surface area contributed by atoms with Gasteiger partial charge < -0.3 is 4.74 Å². The van der Waals surface area contributed by atoms with E-state index in [1.54, 1.807) is 12.3 Å². The zero-order valence-electron chi connectivity index (χ0n) is 11.9. The van der Waals surface area contributed by atoms with Crippen molar-refractivity contribution >= 4 is 17.1 Å². The SMILES string of the molecule is CC(C)n1ccc(SC(=O)OCc2ccccc2)nc1=O. The van der Waals surface area contributed by atoms with Crippen LogP contribution >= 0.6 is 11.8 Å². The smallest absolute Gasteiger partial charge is 0.374 e. The first kappa shape index (κ1) is 15.3. The van der Waals surface area contributed by atoms with Crippen LogP contribution in [0.2, 0.25) is 0 Å². The summed E-state index contributed by atoms with van der Waals surface area (Å²) in [5, 5.41) is -0.136. The van der Waals surface area contributed by atoms with Crippen molar-refractivity contribution < 1.29 is 9.53 Å². The topological polar surface area (TPSA) is 61.2 Å². The molecule has 0 atom stereocenters. The molecule has 0 N–H and O–H groups in total. The summed E-state index contributed by atoms with van der Waals surface area (Å²) in [7, 11) is 0. The molecule has 0 saturated heterocycles. The zero-order valence-corrected chi connectivity index (χ0v) is 12.7. The Morgan fingerprint density at radius 1 is 1.29 bits per heavy atom. The van der Waals surface area contributed by atoms with Gasteiger partial charge >= 0.3 is 11.0 Å². The number of carbonyl (C=O) groups is 1. The van der Waals surface area contributed by atoms with E-state index in [0.717, 1.165) is 17.3 Å². The molecule has 0 saturated carbocycles. The van der Waals surface area contributed by atoms with Crippen molar-refractivity contribution in [1.29, 1.82) is 0 Å². The number of aromatic nitrogens is 2. The molecule has 0 radical (unpaired) electrons. The monoisotopic (exact) mass is 304 g/mol. The highest BCUT2D eigenvalue weighted by Crippen LogP contribution is 2.17. The van der Waals surface area contributed by atoms with Crippen LogP contribution in [0.1, 0.15) is 25.5 Å². The van der Waals surface area contributed by atoms with Crippen molar-refractivity contribution in [2.45, 2.75) is 31.5 Å². The molecule has 6 heteroatoms. The molecule has 0 aliphatic carbocycles. The molecule has 2 rings (SSSR count). The Kier molecular flexibility index (Phi) is 5.16. The molecule has 0 aliphatic rings. The van der Waals surface area contributed by atoms with Crippen LogP contribution in [-0.2, 0) is 11.3 Å². The average molecular weight is 304 g/mol. The van der Waals surface area contributed by atoms with Crippen LogP contribution in [0, 0.1) is 0 Å². The summed E-state index contributed by atoms with van der Waals surface area (Å²) in [5.41, 5.74) is 0.542. The van der Waals surface area contributed by atoms with Gasteiger partial charge in [0.25, 0.3) is 0 Å². The molecule has 5 nitrogen and oxygen atoms in total. The Morgan fingerprint density at radius 2 is 2.00 bits per heavy atom. The molecule has 2 aromatic rings. The Balaban J connectivity index is 1.94. The van der Waals surface area contributed by atoms with E-state index in [0.29, 0.717) is 5.03 Å². The lowest BCUT2D eigenvalue weighted by Crippen LogP contribution is -2.24. The number of benzene rings is 1. The fourth-order valence-electron chi connectivity index (χ4n) is 1.68. The molecular weight excluding hydrogens is 288 g/mol. The lowest BCUT2D eigenvalue weighted by molar-refractivity contribution is 0.168. The second-order valence-corrected chi connectivity index (χ2v) is 5.63. The molecule has 0 amide bonds. The van der Waals surface area contributed by atoms with Gasteiger partial charge in [-0.25, -0.2) is 9.59 Å². The van der Waals surface area contributed by atoms with Crippen molar-refractivity contribution in [2.75, 3.05) is 0 Å². The predicted molar refractivity (Wildman–Crippen MR) is 81.4 cm³/mol. The molecule has 0 unspecified atom stereocenters. The number of hydrogen-bond donors (Lipinski definition) is 0. The molecular formula is C15H16N2O3S. The van der Waals surface area contributed by atoms with Gasteiger partial charge in [-0.05, 0) is 25.5 Å². The van der Waals surface area contributed by atoms with Crippen molar-refractivity contribution in [3.8, 4) is 0 Å². The van der Waals surface area contributed by atoms with Gasteiger partial charge in [0.1, 0.15) is 11.6 Å². The number of hydrogen-bond acceptors (Lipinski definition) is 5. The van der Waals surface area contributed by atoms with E-state index in [4.69, 9.17) is 4.74 Å². The minimum atomic E-state index is -0.479. The quantitative estimate of drug-likeness (QED) is 0.493. The average Bonchev–Trinajstić information content (AvgIpc) is 2.46. The fraction of sp³-hybridized carbons (Fsp3) is 0.267. The first-order valence-electron chi connectivity index (χ1n) is 6.54. The zero-order chi connectivity index (χ0) is 15.2. The van der Waals surface area contributed by atoms with E-state index in [1.807, 2.05) is 44.2 Å². The van der Waals surface area contributed by atoms with Gasteiger partial charge in [-0.1, -0.05) is 30.3 Å². The van der Waals surface area contributed by atoms with E-state index in [1.165, 1.54) is 4.57 Å². The molecule has 0 spiro atoms. The summed E-state index contributed by atoms with van der Waals surface area (Å²) in [5.74, 6) is 0. The normalized spacial score (nSPS) is 10.6. The standard InChI is InChI=1S/C15H16N2O3S/c1-11(2)17-9-8-13(16-14(17)18)21-15(19)20-10-12-6-4-3-5-7-12/h3-9,11H,10H2,1-2H3. The van der Waals surface area contributed by atoms with Gasteiger partial charge in [-0.3, -0.25) is 4.57 Å². The van der Waals surface area contributed by atoms with E-state index in [2.05, 4.69) is 4.98 Å². The second kappa shape index (κ2) is 7.08. The van der Waals surface area contributed by atoms with Gasteiger partial charge in [-0.2, -0.15) is 4.98 Å². The summed E-state index contributed by atoms with van der Waals surface area (Å²) in [6.45, 7) is 3.99. The maximum atomic E-state index is 11.7. The first-order chi connectivity index (χ1) is 10.1. The minimum Gasteiger partial charge on any atom is -0.452 e. The summed E-state index contributed by atoms with van der Waals surface area (Å²) in [4.78, 5) is 27.3.